The Morgan fingerprint density at radius 1 is 1.17 bits per heavy atom. The molecule has 0 saturated carbocycles. The number of nitrogens with one attached hydrogen (secondary N) is 1. The molecule has 1 amide bonds. The summed E-state index contributed by atoms with van der Waals surface area (Å²) in [6, 6.07) is 13.3. The van der Waals surface area contributed by atoms with E-state index in [1.54, 1.807) is 6.20 Å². The number of thioether (sulfide) groups is 1. The second kappa shape index (κ2) is 10.7. The van der Waals surface area contributed by atoms with Crippen LogP contribution in [0, 0.1) is 0 Å². The van der Waals surface area contributed by atoms with Crippen LogP contribution in [0.1, 0.15) is 31.7 Å². The van der Waals surface area contributed by atoms with Crippen molar-refractivity contribution in [3.05, 3.63) is 54.2 Å². The number of pyridine rings is 1. The lowest BCUT2D eigenvalue weighted by atomic mass is 10.3. The standard InChI is InChI=1S/C19H24N2O2S/c1-2-3-12-24-13-11-18(22)20-14-16-9-10-19(21-15-16)23-17-7-5-4-6-8-17/h4-10,15H,2-3,11-14H2,1H3,(H,20,22). The lowest BCUT2D eigenvalue weighted by molar-refractivity contribution is -0.120. The summed E-state index contributed by atoms with van der Waals surface area (Å²) in [5.41, 5.74) is 0.961. The van der Waals surface area contributed by atoms with Crippen LogP contribution in [0.2, 0.25) is 0 Å². The van der Waals surface area contributed by atoms with Crippen LogP contribution < -0.4 is 10.1 Å². The maximum Gasteiger partial charge on any atom is 0.221 e. The van der Waals surface area contributed by atoms with Crippen LogP contribution in [0.5, 0.6) is 11.6 Å². The first-order valence-electron chi connectivity index (χ1n) is 8.30. The summed E-state index contributed by atoms with van der Waals surface area (Å²) in [7, 11) is 0. The molecular formula is C19H24N2O2S. The molecule has 5 heteroatoms. The van der Waals surface area contributed by atoms with Crippen molar-refractivity contribution in [1.29, 1.82) is 0 Å². The van der Waals surface area contributed by atoms with E-state index in [9.17, 15) is 4.79 Å². The van der Waals surface area contributed by atoms with Gasteiger partial charge in [-0.1, -0.05) is 37.6 Å². The number of aromatic nitrogens is 1. The lowest BCUT2D eigenvalue weighted by Gasteiger charge is -2.07. The summed E-state index contributed by atoms with van der Waals surface area (Å²) in [4.78, 5) is 16.1. The number of ether oxygens (including phenoxy) is 1. The van der Waals surface area contributed by atoms with Crippen LogP contribution in [0.15, 0.2) is 48.7 Å². The van der Waals surface area contributed by atoms with E-state index in [1.807, 2.05) is 54.2 Å². The third kappa shape index (κ3) is 7.04. The SMILES string of the molecule is CCCCSCCC(=O)NCc1ccc(Oc2ccccc2)nc1. The maximum atomic E-state index is 11.8. The van der Waals surface area contributed by atoms with Crippen LogP contribution in [-0.4, -0.2) is 22.4 Å². The number of carbonyl (C=O) groups is 1. The Kier molecular flexibility index (Phi) is 8.18. The number of benzene rings is 1. The van der Waals surface area contributed by atoms with Crippen LogP contribution >= 0.6 is 11.8 Å². The molecule has 0 spiro atoms. The molecule has 0 aliphatic rings. The van der Waals surface area contributed by atoms with E-state index in [4.69, 9.17) is 4.74 Å². The van der Waals surface area contributed by atoms with E-state index in [0.29, 0.717) is 18.8 Å². The highest BCUT2D eigenvalue weighted by Gasteiger charge is 2.03. The van der Waals surface area contributed by atoms with Crippen molar-refractivity contribution in [3.8, 4) is 11.6 Å². The zero-order valence-corrected chi connectivity index (χ0v) is 14.8. The number of hydrogen-bond acceptors (Lipinski definition) is 4. The number of carbonyl (C=O) groups excluding carboxylic acids is 1. The van der Waals surface area contributed by atoms with Gasteiger partial charge in [-0.2, -0.15) is 11.8 Å². The third-order valence-electron chi connectivity index (χ3n) is 3.37. The van der Waals surface area contributed by atoms with Crippen LogP contribution in [-0.2, 0) is 11.3 Å². The van der Waals surface area contributed by atoms with Crippen molar-refractivity contribution in [2.45, 2.75) is 32.7 Å². The summed E-state index contributed by atoms with van der Waals surface area (Å²) in [5, 5.41) is 2.93. The molecule has 1 aromatic heterocycles. The first-order chi connectivity index (χ1) is 11.8. The van der Waals surface area contributed by atoms with Crippen molar-refractivity contribution < 1.29 is 9.53 Å². The first-order valence-corrected chi connectivity index (χ1v) is 9.45. The predicted molar refractivity (Wildman–Crippen MR) is 99.4 cm³/mol. The molecule has 0 atom stereocenters. The Morgan fingerprint density at radius 3 is 2.71 bits per heavy atom. The van der Waals surface area contributed by atoms with Gasteiger partial charge in [0, 0.05) is 31.0 Å². The number of para-hydroxylation sites is 1. The Balaban J connectivity index is 1.69. The molecule has 0 radical (unpaired) electrons. The van der Waals surface area contributed by atoms with Crippen molar-refractivity contribution in [1.82, 2.24) is 10.3 Å². The molecule has 2 aromatic rings. The molecule has 128 valence electrons. The van der Waals surface area contributed by atoms with Gasteiger partial charge in [0.1, 0.15) is 5.75 Å². The molecule has 24 heavy (non-hydrogen) atoms. The largest absolute Gasteiger partial charge is 0.439 e. The normalized spacial score (nSPS) is 10.4. The molecule has 0 saturated heterocycles. The molecule has 2 rings (SSSR count). The highest BCUT2D eigenvalue weighted by atomic mass is 32.2. The average molecular weight is 344 g/mol. The number of unbranched alkanes of at least 4 members (excludes halogenated alkanes) is 1. The van der Waals surface area contributed by atoms with E-state index < -0.39 is 0 Å². The zero-order valence-electron chi connectivity index (χ0n) is 14.0. The van der Waals surface area contributed by atoms with Gasteiger partial charge in [-0.25, -0.2) is 4.98 Å². The second-order valence-corrected chi connectivity index (χ2v) is 6.64. The summed E-state index contributed by atoms with van der Waals surface area (Å²) < 4.78 is 5.64. The van der Waals surface area contributed by atoms with Crippen LogP contribution in [0.25, 0.3) is 0 Å². The molecule has 0 aliphatic heterocycles. The van der Waals surface area contributed by atoms with Gasteiger partial charge in [0.2, 0.25) is 11.8 Å². The third-order valence-corrected chi connectivity index (χ3v) is 4.44. The molecule has 0 bridgehead atoms. The fraction of sp³-hybridized carbons (Fsp3) is 0.368. The highest BCUT2D eigenvalue weighted by Crippen LogP contribution is 2.18. The van der Waals surface area contributed by atoms with Gasteiger partial charge in [0.15, 0.2) is 0 Å². The minimum atomic E-state index is 0.0867. The Hall–Kier alpha value is -2.01. The smallest absolute Gasteiger partial charge is 0.221 e. The molecule has 4 nitrogen and oxygen atoms in total. The lowest BCUT2D eigenvalue weighted by Crippen LogP contribution is -2.23. The minimum absolute atomic E-state index is 0.0867. The van der Waals surface area contributed by atoms with Crippen molar-refractivity contribution >= 4 is 17.7 Å². The molecule has 0 fully saturated rings. The van der Waals surface area contributed by atoms with Gasteiger partial charge in [0.25, 0.3) is 0 Å². The summed E-state index contributed by atoms with van der Waals surface area (Å²) in [6.45, 7) is 2.68. The zero-order chi connectivity index (χ0) is 17.0. The summed E-state index contributed by atoms with van der Waals surface area (Å²) in [5.74, 6) is 3.41. The van der Waals surface area contributed by atoms with E-state index in [0.717, 1.165) is 22.8 Å². The molecule has 1 N–H and O–H groups in total. The number of nitrogens with zero attached hydrogens (tertiary/aromatic N) is 1. The fourth-order valence-corrected chi connectivity index (χ4v) is 3.01. The highest BCUT2D eigenvalue weighted by molar-refractivity contribution is 7.99. The molecule has 1 heterocycles. The number of amides is 1. The maximum absolute atomic E-state index is 11.8. The Bertz CT molecular complexity index is 603. The molecular weight excluding hydrogens is 320 g/mol. The average Bonchev–Trinajstić information content (AvgIpc) is 2.62. The molecule has 0 unspecified atom stereocenters. The molecule has 0 aliphatic carbocycles. The van der Waals surface area contributed by atoms with Gasteiger partial charge in [-0.15, -0.1) is 0 Å². The van der Waals surface area contributed by atoms with Gasteiger partial charge in [0.05, 0.1) is 0 Å². The second-order valence-electron chi connectivity index (χ2n) is 5.41. The summed E-state index contributed by atoms with van der Waals surface area (Å²) in [6.07, 6.45) is 4.72. The Labute approximate surface area is 148 Å². The van der Waals surface area contributed by atoms with Crippen molar-refractivity contribution in [2.75, 3.05) is 11.5 Å². The number of rotatable bonds is 10. The monoisotopic (exact) mass is 344 g/mol. The van der Waals surface area contributed by atoms with Crippen LogP contribution in [0.3, 0.4) is 0 Å². The van der Waals surface area contributed by atoms with Crippen molar-refractivity contribution in [3.63, 3.8) is 0 Å². The fourth-order valence-electron chi connectivity index (χ4n) is 1.99. The minimum Gasteiger partial charge on any atom is -0.439 e. The van der Waals surface area contributed by atoms with E-state index in [-0.39, 0.29) is 5.91 Å². The van der Waals surface area contributed by atoms with Gasteiger partial charge in [-0.05, 0) is 29.9 Å². The van der Waals surface area contributed by atoms with Gasteiger partial charge in [-0.3, -0.25) is 4.79 Å². The number of hydrogen-bond donors (Lipinski definition) is 1. The Morgan fingerprint density at radius 2 is 2.00 bits per heavy atom. The van der Waals surface area contributed by atoms with E-state index >= 15 is 0 Å². The van der Waals surface area contributed by atoms with Gasteiger partial charge < -0.3 is 10.1 Å². The van der Waals surface area contributed by atoms with E-state index in [1.165, 1.54) is 12.8 Å². The summed E-state index contributed by atoms with van der Waals surface area (Å²) >= 11 is 1.84. The van der Waals surface area contributed by atoms with Crippen LogP contribution in [0.4, 0.5) is 0 Å². The van der Waals surface area contributed by atoms with Crippen molar-refractivity contribution in [2.24, 2.45) is 0 Å². The molecule has 1 aromatic carbocycles. The van der Waals surface area contributed by atoms with E-state index in [2.05, 4.69) is 17.2 Å². The quantitative estimate of drug-likeness (QED) is 0.649. The van der Waals surface area contributed by atoms with Gasteiger partial charge >= 0.3 is 0 Å². The predicted octanol–water partition coefficient (Wildman–Crippen LogP) is 4.41. The topological polar surface area (TPSA) is 51.2 Å². The first kappa shape index (κ1) is 18.3.